The number of hydrogen-bond donors (Lipinski definition) is 0. The lowest BCUT2D eigenvalue weighted by Crippen LogP contribution is -2.19. The molecule has 0 saturated heterocycles. The summed E-state index contributed by atoms with van der Waals surface area (Å²) >= 11 is 0. The number of esters is 1. The molecule has 0 aliphatic heterocycles. The van der Waals surface area contributed by atoms with E-state index in [2.05, 4.69) is 9.47 Å². The van der Waals surface area contributed by atoms with E-state index in [1.807, 2.05) is 0 Å². The van der Waals surface area contributed by atoms with Crippen molar-refractivity contribution < 1.29 is 40.6 Å². The fraction of sp³-hybridized carbons (Fsp3) is 0.364. The van der Waals surface area contributed by atoms with Crippen molar-refractivity contribution in [2.45, 2.75) is 12.4 Å². The Labute approximate surface area is 109 Å². The maximum absolute atomic E-state index is 12.7. The molecule has 1 rings (SSSR count). The molecular formula is C11H8F6O3. The summed E-state index contributed by atoms with van der Waals surface area (Å²) < 4.78 is 84.9. The predicted molar refractivity (Wildman–Crippen MR) is 54.3 cm³/mol. The van der Waals surface area contributed by atoms with E-state index in [0.29, 0.717) is 6.07 Å². The summed E-state index contributed by atoms with van der Waals surface area (Å²) in [7, 11) is 1.66. The van der Waals surface area contributed by atoms with Crippen LogP contribution in [-0.2, 0) is 17.1 Å². The van der Waals surface area contributed by atoms with E-state index < -0.39 is 40.8 Å². The molecule has 0 aliphatic carbocycles. The number of rotatable bonds is 2. The molecule has 20 heavy (non-hydrogen) atoms. The molecule has 0 spiro atoms. The number of methoxy groups -OCH3 is 2. The van der Waals surface area contributed by atoms with Crippen LogP contribution in [-0.4, -0.2) is 20.2 Å². The molecule has 0 fully saturated rings. The lowest BCUT2D eigenvalue weighted by atomic mass is 10.0. The van der Waals surface area contributed by atoms with Crippen LogP contribution in [0.5, 0.6) is 5.75 Å². The largest absolute Gasteiger partial charge is 0.496 e. The Morgan fingerprint density at radius 1 is 1.00 bits per heavy atom. The minimum absolute atomic E-state index is 0.0805. The van der Waals surface area contributed by atoms with Crippen molar-refractivity contribution in [3.8, 4) is 5.75 Å². The van der Waals surface area contributed by atoms with Crippen LogP contribution >= 0.6 is 0 Å². The first-order valence-electron chi connectivity index (χ1n) is 4.97. The SMILES string of the molecule is COC(=O)c1cc(OC)c(C(F)(F)F)c(C(F)(F)F)c1. The van der Waals surface area contributed by atoms with E-state index in [1.165, 1.54) is 0 Å². The zero-order valence-corrected chi connectivity index (χ0v) is 10.1. The quantitative estimate of drug-likeness (QED) is 0.619. The van der Waals surface area contributed by atoms with E-state index in [0.717, 1.165) is 14.2 Å². The highest BCUT2D eigenvalue weighted by atomic mass is 19.4. The first-order chi connectivity index (χ1) is 9.02. The molecular weight excluding hydrogens is 294 g/mol. The van der Waals surface area contributed by atoms with Crippen molar-refractivity contribution in [2.24, 2.45) is 0 Å². The van der Waals surface area contributed by atoms with Gasteiger partial charge in [-0.3, -0.25) is 0 Å². The molecule has 0 amide bonds. The van der Waals surface area contributed by atoms with E-state index in [4.69, 9.17) is 0 Å². The van der Waals surface area contributed by atoms with Gasteiger partial charge in [-0.25, -0.2) is 4.79 Å². The second-order valence-electron chi connectivity index (χ2n) is 3.59. The van der Waals surface area contributed by atoms with Gasteiger partial charge in [0.25, 0.3) is 0 Å². The lowest BCUT2D eigenvalue weighted by Gasteiger charge is -2.19. The first kappa shape index (κ1) is 16.1. The summed E-state index contributed by atoms with van der Waals surface area (Å²) in [6.45, 7) is 0. The summed E-state index contributed by atoms with van der Waals surface area (Å²) in [5.74, 6) is -2.31. The Hall–Kier alpha value is -1.93. The summed E-state index contributed by atoms with van der Waals surface area (Å²) in [6.07, 6.45) is -10.6. The van der Waals surface area contributed by atoms with Gasteiger partial charge >= 0.3 is 18.3 Å². The van der Waals surface area contributed by atoms with Crippen LogP contribution in [0.15, 0.2) is 12.1 Å². The van der Waals surface area contributed by atoms with Crippen molar-refractivity contribution in [3.63, 3.8) is 0 Å². The zero-order valence-electron chi connectivity index (χ0n) is 10.1. The molecule has 0 unspecified atom stereocenters. The van der Waals surface area contributed by atoms with Crippen molar-refractivity contribution in [1.29, 1.82) is 0 Å². The molecule has 0 aromatic heterocycles. The topological polar surface area (TPSA) is 35.5 Å². The molecule has 9 heteroatoms. The molecule has 1 aromatic rings. The van der Waals surface area contributed by atoms with Gasteiger partial charge in [-0.2, -0.15) is 26.3 Å². The number of benzene rings is 1. The smallest absolute Gasteiger partial charge is 0.420 e. The van der Waals surface area contributed by atoms with E-state index >= 15 is 0 Å². The molecule has 0 radical (unpaired) electrons. The van der Waals surface area contributed by atoms with Crippen LogP contribution < -0.4 is 4.74 Å². The van der Waals surface area contributed by atoms with Crippen molar-refractivity contribution >= 4 is 5.97 Å². The van der Waals surface area contributed by atoms with Crippen LogP contribution in [0, 0.1) is 0 Å². The maximum atomic E-state index is 12.7. The average Bonchev–Trinajstić information content (AvgIpc) is 2.33. The standard InChI is InChI=1S/C11H8F6O3/c1-19-7-4-5(9(18)20-2)3-6(10(12,13)14)8(7)11(15,16)17/h3-4H,1-2H3. The van der Waals surface area contributed by atoms with Gasteiger partial charge in [0.1, 0.15) is 11.3 Å². The van der Waals surface area contributed by atoms with Crippen LogP contribution in [0.1, 0.15) is 21.5 Å². The normalized spacial score (nSPS) is 12.2. The molecule has 0 atom stereocenters. The Morgan fingerprint density at radius 2 is 1.55 bits per heavy atom. The van der Waals surface area contributed by atoms with Gasteiger partial charge in [0.15, 0.2) is 0 Å². The summed E-state index contributed by atoms with van der Waals surface area (Å²) in [5, 5.41) is 0. The van der Waals surface area contributed by atoms with Gasteiger partial charge in [-0.05, 0) is 12.1 Å². The number of halogens is 6. The molecule has 0 saturated carbocycles. The van der Waals surface area contributed by atoms with Gasteiger partial charge in [-0.15, -0.1) is 0 Å². The molecule has 0 heterocycles. The molecule has 3 nitrogen and oxygen atoms in total. The monoisotopic (exact) mass is 302 g/mol. The second-order valence-corrected chi connectivity index (χ2v) is 3.59. The summed E-state index contributed by atoms with van der Waals surface area (Å²) in [5.41, 5.74) is -4.69. The average molecular weight is 302 g/mol. The highest BCUT2D eigenvalue weighted by Gasteiger charge is 2.46. The highest BCUT2D eigenvalue weighted by molar-refractivity contribution is 5.90. The predicted octanol–water partition coefficient (Wildman–Crippen LogP) is 3.52. The molecule has 0 aliphatic rings. The zero-order chi connectivity index (χ0) is 15.7. The van der Waals surface area contributed by atoms with Gasteiger partial charge < -0.3 is 9.47 Å². The molecule has 0 bridgehead atoms. The Morgan fingerprint density at radius 3 is 1.90 bits per heavy atom. The van der Waals surface area contributed by atoms with Crippen molar-refractivity contribution in [1.82, 2.24) is 0 Å². The molecule has 112 valence electrons. The number of hydrogen-bond acceptors (Lipinski definition) is 3. The Kier molecular flexibility index (Phi) is 4.21. The third-order valence-electron chi connectivity index (χ3n) is 2.33. The minimum Gasteiger partial charge on any atom is -0.496 e. The lowest BCUT2D eigenvalue weighted by molar-refractivity contribution is -0.163. The second kappa shape index (κ2) is 5.22. The summed E-state index contributed by atoms with van der Waals surface area (Å²) in [4.78, 5) is 11.2. The van der Waals surface area contributed by atoms with Gasteiger partial charge in [0.05, 0.1) is 25.3 Å². The minimum atomic E-state index is -5.30. The Bertz CT molecular complexity index is 518. The van der Waals surface area contributed by atoms with E-state index in [9.17, 15) is 31.1 Å². The number of carbonyl (C=O) groups is 1. The van der Waals surface area contributed by atoms with Gasteiger partial charge in [0.2, 0.25) is 0 Å². The Balaban J connectivity index is 3.70. The fourth-order valence-electron chi connectivity index (χ4n) is 1.53. The highest BCUT2D eigenvalue weighted by Crippen LogP contribution is 2.45. The molecule has 1 aromatic carbocycles. The first-order valence-corrected chi connectivity index (χ1v) is 4.97. The van der Waals surface area contributed by atoms with E-state index in [-0.39, 0.29) is 6.07 Å². The molecule has 0 N–H and O–H groups in total. The van der Waals surface area contributed by atoms with Crippen LogP contribution in [0.4, 0.5) is 26.3 Å². The van der Waals surface area contributed by atoms with Gasteiger partial charge in [0, 0.05) is 0 Å². The van der Waals surface area contributed by atoms with Crippen molar-refractivity contribution in [3.05, 3.63) is 28.8 Å². The van der Waals surface area contributed by atoms with Crippen LogP contribution in [0.25, 0.3) is 0 Å². The van der Waals surface area contributed by atoms with Crippen LogP contribution in [0.3, 0.4) is 0 Å². The third-order valence-corrected chi connectivity index (χ3v) is 2.33. The maximum Gasteiger partial charge on any atom is 0.420 e. The third kappa shape index (κ3) is 3.14. The number of alkyl halides is 6. The fourth-order valence-corrected chi connectivity index (χ4v) is 1.53. The van der Waals surface area contributed by atoms with Gasteiger partial charge in [-0.1, -0.05) is 0 Å². The van der Waals surface area contributed by atoms with E-state index in [1.54, 1.807) is 0 Å². The summed E-state index contributed by atoms with van der Waals surface area (Å²) in [6, 6.07) is 0.626. The number of carbonyl (C=O) groups excluding carboxylic acids is 1. The number of ether oxygens (including phenoxy) is 2. The van der Waals surface area contributed by atoms with Crippen LogP contribution in [0.2, 0.25) is 0 Å². The van der Waals surface area contributed by atoms with Crippen molar-refractivity contribution in [2.75, 3.05) is 14.2 Å².